The molecule has 1 heterocycles. The average molecular weight is 285 g/mol. The second-order valence-corrected chi connectivity index (χ2v) is 5.65. The van der Waals surface area contributed by atoms with Crippen molar-refractivity contribution in [2.24, 2.45) is 5.73 Å². The number of hydrogen-bond donors (Lipinski definition) is 1. The molecule has 2 N–H and O–H groups in total. The number of hydrogen-bond acceptors (Lipinski definition) is 2. The van der Waals surface area contributed by atoms with Crippen molar-refractivity contribution in [1.82, 2.24) is 0 Å². The van der Waals surface area contributed by atoms with Crippen molar-refractivity contribution in [1.29, 1.82) is 0 Å². The maximum Gasteiger partial charge on any atom is 0.123 e. The van der Waals surface area contributed by atoms with Crippen molar-refractivity contribution in [3.8, 4) is 0 Å². The lowest BCUT2D eigenvalue weighted by Gasteiger charge is -2.28. The molecule has 2 unspecified atom stereocenters. The summed E-state index contributed by atoms with van der Waals surface area (Å²) in [4.78, 5) is 0. The van der Waals surface area contributed by atoms with Crippen molar-refractivity contribution in [3.63, 3.8) is 0 Å². The van der Waals surface area contributed by atoms with Gasteiger partial charge >= 0.3 is 0 Å². The summed E-state index contributed by atoms with van der Waals surface area (Å²) in [6, 6.07) is 12.9. The highest BCUT2D eigenvalue weighted by Crippen LogP contribution is 2.34. The van der Waals surface area contributed by atoms with Crippen LogP contribution in [0.4, 0.5) is 4.39 Å². The SMILES string of the molecule is Cc1ccc(F)cc1C(N)CC1OCCc2ccccc21. The molecule has 0 radical (unpaired) electrons. The third-order valence-electron chi connectivity index (χ3n) is 4.20. The van der Waals surface area contributed by atoms with Crippen LogP contribution in [0, 0.1) is 12.7 Å². The minimum absolute atomic E-state index is 0.00684. The summed E-state index contributed by atoms with van der Waals surface area (Å²) >= 11 is 0. The van der Waals surface area contributed by atoms with Gasteiger partial charge in [0.25, 0.3) is 0 Å². The van der Waals surface area contributed by atoms with Gasteiger partial charge in [-0.05, 0) is 54.2 Å². The standard InChI is InChI=1S/C18H20FNO/c1-12-6-7-14(19)10-16(12)17(20)11-18-15-5-3-2-4-13(15)8-9-21-18/h2-7,10,17-18H,8-9,11,20H2,1H3. The highest BCUT2D eigenvalue weighted by Gasteiger charge is 2.24. The zero-order valence-electron chi connectivity index (χ0n) is 12.2. The lowest BCUT2D eigenvalue weighted by atomic mass is 9.90. The Morgan fingerprint density at radius 2 is 2.10 bits per heavy atom. The quantitative estimate of drug-likeness (QED) is 0.930. The summed E-state index contributed by atoms with van der Waals surface area (Å²) in [6.45, 7) is 2.68. The molecule has 2 atom stereocenters. The van der Waals surface area contributed by atoms with Crippen LogP contribution in [0.5, 0.6) is 0 Å². The molecule has 0 spiro atoms. The Bertz CT molecular complexity index is 641. The number of ether oxygens (including phenoxy) is 1. The summed E-state index contributed by atoms with van der Waals surface area (Å²) in [5.74, 6) is -0.240. The van der Waals surface area contributed by atoms with Crippen molar-refractivity contribution >= 4 is 0 Å². The van der Waals surface area contributed by atoms with Crippen molar-refractivity contribution in [3.05, 3.63) is 70.5 Å². The second kappa shape index (κ2) is 5.96. The van der Waals surface area contributed by atoms with E-state index in [2.05, 4.69) is 18.2 Å². The number of nitrogens with two attached hydrogens (primary N) is 1. The summed E-state index contributed by atoms with van der Waals surface area (Å²) in [6.07, 6.45) is 1.61. The molecule has 2 aromatic carbocycles. The first-order valence-electron chi connectivity index (χ1n) is 7.36. The van der Waals surface area contributed by atoms with Gasteiger partial charge < -0.3 is 10.5 Å². The Morgan fingerprint density at radius 3 is 2.95 bits per heavy atom. The van der Waals surface area contributed by atoms with Gasteiger partial charge in [-0.25, -0.2) is 4.39 Å². The van der Waals surface area contributed by atoms with Crippen LogP contribution in [0.15, 0.2) is 42.5 Å². The molecule has 0 saturated heterocycles. The molecule has 0 amide bonds. The Hall–Kier alpha value is -1.71. The Morgan fingerprint density at radius 1 is 1.29 bits per heavy atom. The predicted molar refractivity (Wildman–Crippen MR) is 81.5 cm³/mol. The van der Waals surface area contributed by atoms with Crippen molar-refractivity contribution in [2.45, 2.75) is 31.9 Å². The smallest absolute Gasteiger partial charge is 0.123 e. The van der Waals surface area contributed by atoms with Gasteiger partial charge in [0.15, 0.2) is 0 Å². The Kier molecular flexibility index (Phi) is 4.04. The lowest BCUT2D eigenvalue weighted by molar-refractivity contribution is 0.0319. The molecule has 0 fully saturated rings. The number of rotatable bonds is 3. The molecule has 21 heavy (non-hydrogen) atoms. The van der Waals surface area contributed by atoms with Crippen LogP contribution in [-0.2, 0) is 11.2 Å². The number of benzene rings is 2. The third kappa shape index (κ3) is 2.99. The molecular formula is C18H20FNO. The fraction of sp³-hybridized carbons (Fsp3) is 0.333. The first kappa shape index (κ1) is 14.2. The molecule has 110 valence electrons. The summed E-state index contributed by atoms with van der Waals surface area (Å²) in [7, 11) is 0. The van der Waals surface area contributed by atoms with E-state index in [0.29, 0.717) is 6.42 Å². The number of halogens is 1. The predicted octanol–water partition coefficient (Wildman–Crippen LogP) is 3.84. The topological polar surface area (TPSA) is 35.2 Å². The number of fused-ring (bicyclic) bond motifs is 1. The monoisotopic (exact) mass is 285 g/mol. The molecule has 3 heteroatoms. The van der Waals surface area contributed by atoms with E-state index in [4.69, 9.17) is 10.5 Å². The van der Waals surface area contributed by atoms with E-state index in [-0.39, 0.29) is 18.0 Å². The molecule has 3 rings (SSSR count). The van der Waals surface area contributed by atoms with Gasteiger partial charge in [0, 0.05) is 6.04 Å². The minimum atomic E-state index is -0.240. The van der Waals surface area contributed by atoms with Crippen LogP contribution < -0.4 is 5.73 Å². The van der Waals surface area contributed by atoms with Gasteiger partial charge in [0.2, 0.25) is 0 Å². The van der Waals surface area contributed by atoms with Crippen molar-refractivity contribution in [2.75, 3.05) is 6.61 Å². The second-order valence-electron chi connectivity index (χ2n) is 5.65. The van der Waals surface area contributed by atoms with E-state index >= 15 is 0 Å². The minimum Gasteiger partial charge on any atom is -0.373 e. The summed E-state index contributed by atoms with van der Waals surface area (Å²) < 4.78 is 19.3. The third-order valence-corrected chi connectivity index (χ3v) is 4.20. The molecule has 1 aliphatic heterocycles. The zero-order chi connectivity index (χ0) is 14.8. The lowest BCUT2D eigenvalue weighted by Crippen LogP contribution is -2.22. The van der Waals surface area contributed by atoms with Crippen LogP contribution in [0.25, 0.3) is 0 Å². The Labute approximate surface area is 124 Å². The van der Waals surface area contributed by atoms with Gasteiger partial charge in [-0.1, -0.05) is 30.3 Å². The normalized spacial score (nSPS) is 19.1. The molecule has 0 aliphatic carbocycles. The fourth-order valence-electron chi connectivity index (χ4n) is 3.04. The van der Waals surface area contributed by atoms with Gasteiger partial charge in [-0.2, -0.15) is 0 Å². The largest absolute Gasteiger partial charge is 0.373 e. The maximum absolute atomic E-state index is 13.4. The molecule has 2 nitrogen and oxygen atoms in total. The summed E-state index contributed by atoms with van der Waals surface area (Å²) in [5, 5.41) is 0. The highest BCUT2D eigenvalue weighted by atomic mass is 19.1. The first-order chi connectivity index (χ1) is 10.1. The van der Waals surface area contributed by atoms with Crippen LogP contribution in [0.1, 0.15) is 40.8 Å². The highest BCUT2D eigenvalue weighted by molar-refractivity contribution is 5.33. The van der Waals surface area contributed by atoms with Crippen LogP contribution in [-0.4, -0.2) is 6.61 Å². The molecule has 0 bridgehead atoms. The van der Waals surface area contributed by atoms with Gasteiger partial charge in [-0.15, -0.1) is 0 Å². The zero-order valence-corrected chi connectivity index (χ0v) is 12.2. The van der Waals surface area contributed by atoms with Gasteiger partial charge in [0.05, 0.1) is 12.7 Å². The van der Waals surface area contributed by atoms with Gasteiger partial charge in [0.1, 0.15) is 5.82 Å². The summed E-state index contributed by atoms with van der Waals surface area (Å²) in [5.41, 5.74) is 10.7. The van der Waals surface area contributed by atoms with Crippen molar-refractivity contribution < 1.29 is 9.13 Å². The average Bonchev–Trinajstić information content (AvgIpc) is 2.50. The van der Waals surface area contributed by atoms with Gasteiger partial charge in [-0.3, -0.25) is 0 Å². The van der Waals surface area contributed by atoms with Crippen LogP contribution in [0.2, 0.25) is 0 Å². The maximum atomic E-state index is 13.4. The fourth-order valence-corrected chi connectivity index (χ4v) is 3.04. The number of aryl methyl sites for hydroxylation is 1. The van der Waals surface area contributed by atoms with E-state index in [9.17, 15) is 4.39 Å². The van der Waals surface area contributed by atoms with Crippen LogP contribution >= 0.6 is 0 Å². The van der Waals surface area contributed by atoms with E-state index < -0.39 is 0 Å². The first-order valence-corrected chi connectivity index (χ1v) is 7.36. The Balaban J connectivity index is 1.82. The molecule has 1 aliphatic rings. The molecular weight excluding hydrogens is 265 g/mol. The van der Waals surface area contributed by atoms with E-state index in [1.165, 1.54) is 23.3 Å². The molecule has 2 aromatic rings. The van der Waals surface area contributed by atoms with E-state index in [1.807, 2.05) is 13.0 Å². The van der Waals surface area contributed by atoms with E-state index in [0.717, 1.165) is 24.2 Å². The molecule has 0 saturated carbocycles. The van der Waals surface area contributed by atoms with Crippen LogP contribution in [0.3, 0.4) is 0 Å². The molecule has 0 aromatic heterocycles. The van der Waals surface area contributed by atoms with E-state index in [1.54, 1.807) is 6.07 Å².